The van der Waals surface area contributed by atoms with Gasteiger partial charge in [-0.2, -0.15) is 5.10 Å². The number of hydrogen-bond donors (Lipinski definition) is 2. The zero-order chi connectivity index (χ0) is 16.2. The van der Waals surface area contributed by atoms with Gasteiger partial charge in [-0.1, -0.05) is 24.6 Å². The molecule has 2 aromatic rings. The van der Waals surface area contributed by atoms with Crippen LogP contribution in [0.15, 0.2) is 42.7 Å². The van der Waals surface area contributed by atoms with Crippen LogP contribution in [-0.2, 0) is 4.79 Å². The summed E-state index contributed by atoms with van der Waals surface area (Å²) >= 11 is 0. The smallest absolute Gasteiger partial charge is 0.223 e. The van der Waals surface area contributed by atoms with Crippen LogP contribution in [0.3, 0.4) is 0 Å². The highest BCUT2D eigenvalue weighted by molar-refractivity contribution is 5.85. The summed E-state index contributed by atoms with van der Waals surface area (Å²) in [5, 5.41) is 7.47. The van der Waals surface area contributed by atoms with Crippen LogP contribution >= 0.6 is 12.4 Å². The molecule has 5 nitrogen and oxygen atoms in total. The van der Waals surface area contributed by atoms with E-state index in [1.807, 2.05) is 48.1 Å². The maximum absolute atomic E-state index is 12.6. The van der Waals surface area contributed by atoms with Crippen molar-refractivity contribution in [3.8, 4) is 5.69 Å². The van der Waals surface area contributed by atoms with E-state index in [0.717, 1.165) is 30.5 Å². The molecule has 0 bridgehead atoms. The normalized spacial score (nSPS) is 21.1. The van der Waals surface area contributed by atoms with E-state index in [-0.39, 0.29) is 30.3 Å². The zero-order valence-electron chi connectivity index (χ0n) is 13.9. The highest BCUT2D eigenvalue weighted by Gasteiger charge is 2.32. The number of carbonyl (C=O) groups is 1. The molecule has 1 aromatic heterocycles. The Morgan fingerprint density at radius 2 is 2.17 bits per heavy atom. The van der Waals surface area contributed by atoms with E-state index in [4.69, 9.17) is 5.73 Å². The van der Waals surface area contributed by atoms with Crippen LogP contribution in [0.4, 0.5) is 0 Å². The average Bonchev–Trinajstić information content (AvgIpc) is 3.25. The van der Waals surface area contributed by atoms with Gasteiger partial charge in [0.25, 0.3) is 0 Å². The Hall–Kier alpha value is -1.85. The fourth-order valence-electron chi connectivity index (χ4n) is 3.54. The van der Waals surface area contributed by atoms with E-state index in [0.29, 0.717) is 12.5 Å². The quantitative estimate of drug-likeness (QED) is 0.872. The predicted octanol–water partition coefficient (Wildman–Crippen LogP) is 2.85. The van der Waals surface area contributed by atoms with Crippen molar-refractivity contribution in [3.05, 3.63) is 48.3 Å². The Morgan fingerprint density at radius 3 is 2.88 bits per heavy atom. The minimum Gasteiger partial charge on any atom is -0.349 e. The molecule has 0 saturated heterocycles. The molecular formula is C18H25ClN4O. The summed E-state index contributed by atoms with van der Waals surface area (Å²) in [5.41, 5.74) is 7.86. The first kappa shape index (κ1) is 18.5. The van der Waals surface area contributed by atoms with Crippen molar-refractivity contribution in [1.82, 2.24) is 15.1 Å². The van der Waals surface area contributed by atoms with Crippen molar-refractivity contribution in [3.63, 3.8) is 0 Å². The number of para-hydroxylation sites is 1. The van der Waals surface area contributed by atoms with Crippen LogP contribution < -0.4 is 11.1 Å². The summed E-state index contributed by atoms with van der Waals surface area (Å²) in [6, 6.07) is 9.85. The van der Waals surface area contributed by atoms with Gasteiger partial charge < -0.3 is 11.1 Å². The molecule has 1 saturated carbocycles. The Kier molecular flexibility index (Phi) is 6.40. The molecule has 3 N–H and O–H groups in total. The third-order valence-electron chi connectivity index (χ3n) is 4.81. The molecule has 1 aliphatic carbocycles. The number of rotatable bonds is 5. The number of nitrogens with two attached hydrogens (primary N) is 1. The van der Waals surface area contributed by atoms with Crippen molar-refractivity contribution >= 4 is 18.3 Å². The van der Waals surface area contributed by atoms with E-state index >= 15 is 0 Å². The van der Waals surface area contributed by atoms with Gasteiger partial charge in [0.15, 0.2) is 0 Å². The minimum atomic E-state index is -0.0677. The monoisotopic (exact) mass is 348 g/mol. The van der Waals surface area contributed by atoms with E-state index in [1.165, 1.54) is 0 Å². The Balaban J connectivity index is 0.00000208. The standard InChI is InChI=1S/C18H24N4O.ClH/c1-13(21-18(23)16-8-4-6-14(16)12-19)15-7-2-3-9-17(15)22-11-5-10-20-22;/h2-3,5,7,9-11,13-14,16H,4,6,8,12,19H2,1H3,(H,21,23);1H/t13?,14-,16-;/m1./s1. The van der Waals surface area contributed by atoms with Crippen LogP contribution in [0.5, 0.6) is 0 Å². The lowest BCUT2D eigenvalue weighted by atomic mass is 9.94. The van der Waals surface area contributed by atoms with Gasteiger partial charge in [-0.05, 0) is 49.9 Å². The predicted molar refractivity (Wildman–Crippen MR) is 97.3 cm³/mol. The van der Waals surface area contributed by atoms with Crippen LogP contribution in [0.2, 0.25) is 0 Å². The topological polar surface area (TPSA) is 72.9 Å². The van der Waals surface area contributed by atoms with E-state index < -0.39 is 0 Å². The first-order chi connectivity index (χ1) is 11.2. The van der Waals surface area contributed by atoms with E-state index in [1.54, 1.807) is 6.20 Å². The number of amides is 1. The maximum atomic E-state index is 12.6. The number of benzene rings is 1. The molecule has 1 unspecified atom stereocenters. The van der Waals surface area contributed by atoms with Gasteiger partial charge in [-0.3, -0.25) is 4.79 Å². The Labute approximate surface area is 149 Å². The summed E-state index contributed by atoms with van der Waals surface area (Å²) < 4.78 is 1.83. The van der Waals surface area contributed by atoms with Crippen molar-refractivity contribution in [2.45, 2.75) is 32.2 Å². The first-order valence-corrected chi connectivity index (χ1v) is 8.30. The third-order valence-corrected chi connectivity index (χ3v) is 4.81. The molecule has 6 heteroatoms. The van der Waals surface area contributed by atoms with Crippen LogP contribution in [0, 0.1) is 11.8 Å². The second-order valence-corrected chi connectivity index (χ2v) is 6.27. The van der Waals surface area contributed by atoms with Gasteiger partial charge in [0.1, 0.15) is 0 Å². The van der Waals surface area contributed by atoms with Gasteiger partial charge in [0.2, 0.25) is 5.91 Å². The lowest BCUT2D eigenvalue weighted by molar-refractivity contribution is -0.126. The van der Waals surface area contributed by atoms with Gasteiger partial charge >= 0.3 is 0 Å². The second-order valence-electron chi connectivity index (χ2n) is 6.27. The number of carbonyl (C=O) groups excluding carboxylic acids is 1. The highest BCUT2D eigenvalue weighted by Crippen LogP contribution is 2.32. The molecule has 1 aliphatic rings. The molecular weight excluding hydrogens is 324 g/mol. The SMILES string of the molecule is CC(NC(=O)[C@@H]1CCC[C@@H]1CN)c1ccccc1-n1cccn1.Cl. The third kappa shape index (κ3) is 3.79. The Morgan fingerprint density at radius 1 is 1.38 bits per heavy atom. The molecule has 3 atom stereocenters. The molecule has 0 aliphatic heterocycles. The van der Waals surface area contributed by atoms with Gasteiger partial charge in [0.05, 0.1) is 11.7 Å². The first-order valence-electron chi connectivity index (χ1n) is 8.30. The summed E-state index contributed by atoms with van der Waals surface area (Å²) in [4.78, 5) is 12.6. The number of halogens is 1. The second kappa shape index (κ2) is 8.31. The van der Waals surface area contributed by atoms with Crippen molar-refractivity contribution < 1.29 is 4.79 Å². The van der Waals surface area contributed by atoms with Gasteiger partial charge in [-0.25, -0.2) is 4.68 Å². The summed E-state index contributed by atoms with van der Waals surface area (Å²) in [5.74, 6) is 0.503. The lowest BCUT2D eigenvalue weighted by Crippen LogP contribution is -2.36. The van der Waals surface area contributed by atoms with E-state index in [9.17, 15) is 4.79 Å². The zero-order valence-corrected chi connectivity index (χ0v) is 14.7. The molecule has 0 radical (unpaired) electrons. The fourth-order valence-corrected chi connectivity index (χ4v) is 3.54. The van der Waals surface area contributed by atoms with Crippen molar-refractivity contribution in [2.24, 2.45) is 17.6 Å². The largest absolute Gasteiger partial charge is 0.349 e. The molecule has 1 fully saturated rings. The molecule has 1 aromatic carbocycles. The average molecular weight is 349 g/mol. The van der Waals surface area contributed by atoms with Crippen LogP contribution in [0.1, 0.15) is 37.8 Å². The Bertz CT molecular complexity index is 659. The molecule has 1 amide bonds. The maximum Gasteiger partial charge on any atom is 0.223 e. The molecule has 24 heavy (non-hydrogen) atoms. The number of hydrogen-bond acceptors (Lipinski definition) is 3. The van der Waals surface area contributed by atoms with Crippen molar-refractivity contribution in [2.75, 3.05) is 6.54 Å². The molecule has 0 spiro atoms. The number of nitrogens with zero attached hydrogens (tertiary/aromatic N) is 2. The van der Waals surface area contributed by atoms with Crippen LogP contribution in [-0.4, -0.2) is 22.2 Å². The van der Waals surface area contributed by atoms with E-state index in [2.05, 4.69) is 10.4 Å². The summed E-state index contributed by atoms with van der Waals surface area (Å²) in [6.45, 7) is 2.61. The molecule has 130 valence electrons. The van der Waals surface area contributed by atoms with Gasteiger partial charge in [-0.15, -0.1) is 12.4 Å². The number of nitrogens with one attached hydrogen (secondary N) is 1. The summed E-state index contributed by atoms with van der Waals surface area (Å²) in [6.07, 6.45) is 6.77. The lowest BCUT2D eigenvalue weighted by Gasteiger charge is -2.22. The van der Waals surface area contributed by atoms with Crippen LogP contribution in [0.25, 0.3) is 5.69 Å². The fraction of sp³-hybridized carbons (Fsp3) is 0.444. The molecule has 1 heterocycles. The molecule has 3 rings (SSSR count). The highest BCUT2D eigenvalue weighted by atomic mass is 35.5. The van der Waals surface area contributed by atoms with Gasteiger partial charge in [0, 0.05) is 18.3 Å². The minimum absolute atomic E-state index is 0. The summed E-state index contributed by atoms with van der Waals surface area (Å²) in [7, 11) is 0. The van der Waals surface area contributed by atoms with Crippen molar-refractivity contribution in [1.29, 1.82) is 0 Å². The number of aromatic nitrogens is 2.